The largest absolute Gasteiger partial charge is 0.381 e. The SMILES string of the molecule is CCCC(CCC)Nc1cccc(C)c1Br. The lowest BCUT2D eigenvalue weighted by Gasteiger charge is -2.20. The second kappa shape index (κ2) is 6.95. The summed E-state index contributed by atoms with van der Waals surface area (Å²) in [6.45, 7) is 6.62. The van der Waals surface area contributed by atoms with Gasteiger partial charge in [0.25, 0.3) is 0 Å². The Balaban J connectivity index is 2.72. The molecule has 1 N–H and O–H groups in total. The highest BCUT2D eigenvalue weighted by Crippen LogP contribution is 2.27. The van der Waals surface area contributed by atoms with Crippen molar-refractivity contribution in [2.24, 2.45) is 0 Å². The summed E-state index contributed by atoms with van der Waals surface area (Å²) < 4.78 is 1.20. The van der Waals surface area contributed by atoms with Gasteiger partial charge in [-0.25, -0.2) is 0 Å². The summed E-state index contributed by atoms with van der Waals surface area (Å²) in [5.74, 6) is 0. The van der Waals surface area contributed by atoms with Gasteiger partial charge in [0.2, 0.25) is 0 Å². The van der Waals surface area contributed by atoms with E-state index >= 15 is 0 Å². The van der Waals surface area contributed by atoms with Crippen molar-refractivity contribution in [1.82, 2.24) is 0 Å². The zero-order valence-corrected chi connectivity index (χ0v) is 12.1. The van der Waals surface area contributed by atoms with Crippen molar-refractivity contribution < 1.29 is 0 Å². The van der Waals surface area contributed by atoms with Gasteiger partial charge in [0.05, 0.1) is 0 Å². The van der Waals surface area contributed by atoms with Crippen molar-refractivity contribution in [3.8, 4) is 0 Å². The van der Waals surface area contributed by atoms with Gasteiger partial charge in [-0.2, -0.15) is 0 Å². The van der Waals surface area contributed by atoms with E-state index in [1.165, 1.54) is 41.4 Å². The maximum atomic E-state index is 3.65. The fourth-order valence-corrected chi connectivity index (χ4v) is 2.34. The van der Waals surface area contributed by atoms with E-state index in [0.29, 0.717) is 6.04 Å². The molecule has 90 valence electrons. The van der Waals surface area contributed by atoms with Crippen LogP contribution in [0.2, 0.25) is 0 Å². The van der Waals surface area contributed by atoms with Crippen molar-refractivity contribution in [3.63, 3.8) is 0 Å². The number of nitrogens with one attached hydrogen (secondary N) is 1. The molecule has 1 aromatic carbocycles. The van der Waals surface area contributed by atoms with Gasteiger partial charge in [-0.3, -0.25) is 0 Å². The summed E-state index contributed by atoms with van der Waals surface area (Å²) in [5.41, 5.74) is 2.52. The summed E-state index contributed by atoms with van der Waals surface area (Å²) in [6.07, 6.45) is 4.96. The van der Waals surface area contributed by atoms with E-state index in [4.69, 9.17) is 0 Å². The van der Waals surface area contributed by atoms with Gasteiger partial charge in [-0.1, -0.05) is 38.8 Å². The standard InChI is InChI=1S/C14H22BrN/c1-4-7-12(8-5-2)16-13-10-6-9-11(3)14(13)15/h6,9-10,12,16H,4-5,7-8H2,1-3H3. The Bertz CT molecular complexity index is 317. The van der Waals surface area contributed by atoms with E-state index in [2.05, 4.69) is 60.2 Å². The fraction of sp³-hybridized carbons (Fsp3) is 0.571. The zero-order chi connectivity index (χ0) is 12.0. The quantitative estimate of drug-likeness (QED) is 0.762. The van der Waals surface area contributed by atoms with E-state index < -0.39 is 0 Å². The van der Waals surface area contributed by atoms with Crippen molar-refractivity contribution >= 4 is 21.6 Å². The van der Waals surface area contributed by atoms with Crippen LogP contribution in [0, 0.1) is 6.92 Å². The monoisotopic (exact) mass is 283 g/mol. The molecule has 0 unspecified atom stereocenters. The molecule has 0 bridgehead atoms. The van der Waals surface area contributed by atoms with Crippen LogP contribution < -0.4 is 5.32 Å². The Morgan fingerprint density at radius 1 is 1.19 bits per heavy atom. The number of rotatable bonds is 6. The molecule has 0 saturated carbocycles. The van der Waals surface area contributed by atoms with Gasteiger partial charge in [-0.15, -0.1) is 0 Å². The Labute approximate surface area is 108 Å². The number of benzene rings is 1. The predicted octanol–water partition coefficient (Wildman–Crippen LogP) is 5.14. The van der Waals surface area contributed by atoms with Gasteiger partial charge in [0, 0.05) is 16.2 Å². The van der Waals surface area contributed by atoms with Crippen molar-refractivity contribution in [2.45, 2.75) is 52.5 Å². The third-order valence-corrected chi connectivity index (χ3v) is 3.88. The molecule has 1 nitrogen and oxygen atoms in total. The number of aryl methyl sites for hydroxylation is 1. The number of anilines is 1. The van der Waals surface area contributed by atoms with E-state index in [0.717, 1.165) is 0 Å². The average molecular weight is 284 g/mol. The summed E-state index contributed by atoms with van der Waals surface area (Å²) in [5, 5.41) is 3.64. The molecule has 0 radical (unpaired) electrons. The van der Waals surface area contributed by atoms with E-state index in [1.54, 1.807) is 0 Å². The lowest BCUT2D eigenvalue weighted by molar-refractivity contribution is 0.586. The molecular formula is C14H22BrN. The van der Waals surface area contributed by atoms with E-state index in [-0.39, 0.29) is 0 Å². The maximum absolute atomic E-state index is 3.65. The molecule has 0 aliphatic heterocycles. The van der Waals surface area contributed by atoms with Gasteiger partial charge in [-0.05, 0) is 47.3 Å². The smallest absolute Gasteiger partial charge is 0.0489 e. The van der Waals surface area contributed by atoms with Crippen LogP contribution in [0.1, 0.15) is 45.1 Å². The minimum absolute atomic E-state index is 0.605. The van der Waals surface area contributed by atoms with Crippen molar-refractivity contribution in [2.75, 3.05) is 5.32 Å². The maximum Gasteiger partial charge on any atom is 0.0489 e. The molecular weight excluding hydrogens is 262 g/mol. The molecule has 0 aliphatic carbocycles. The molecule has 0 saturated heterocycles. The Morgan fingerprint density at radius 3 is 2.38 bits per heavy atom. The second-order valence-electron chi connectivity index (χ2n) is 4.36. The Hall–Kier alpha value is -0.500. The molecule has 2 heteroatoms. The zero-order valence-electron chi connectivity index (χ0n) is 10.5. The van der Waals surface area contributed by atoms with Gasteiger partial charge in [0.1, 0.15) is 0 Å². The molecule has 0 spiro atoms. The lowest BCUT2D eigenvalue weighted by Crippen LogP contribution is -2.19. The number of hydrogen-bond acceptors (Lipinski definition) is 1. The highest BCUT2D eigenvalue weighted by atomic mass is 79.9. The fourth-order valence-electron chi connectivity index (χ4n) is 1.96. The summed E-state index contributed by atoms with van der Waals surface area (Å²) in [4.78, 5) is 0. The minimum atomic E-state index is 0.605. The van der Waals surface area contributed by atoms with Crippen LogP contribution in [0.3, 0.4) is 0 Å². The van der Waals surface area contributed by atoms with Crippen LogP contribution in [0.4, 0.5) is 5.69 Å². The number of halogens is 1. The lowest BCUT2D eigenvalue weighted by atomic mass is 10.1. The average Bonchev–Trinajstić information content (AvgIpc) is 2.25. The minimum Gasteiger partial charge on any atom is -0.381 e. The highest BCUT2D eigenvalue weighted by molar-refractivity contribution is 9.10. The van der Waals surface area contributed by atoms with Crippen LogP contribution in [0.5, 0.6) is 0 Å². The van der Waals surface area contributed by atoms with Gasteiger partial charge in [0.15, 0.2) is 0 Å². The van der Waals surface area contributed by atoms with Crippen molar-refractivity contribution in [1.29, 1.82) is 0 Å². The Morgan fingerprint density at radius 2 is 1.81 bits per heavy atom. The normalized spacial score (nSPS) is 10.8. The predicted molar refractivity (Wildman–Crippen MR) is 76.1 cm³/mol. The first-order valence-electron chi connectivity index (χ1n) is 6.20. The third-order valence-electron chi connectivity index (χ3n) is 2.83. The van der Waals surface area contributed by atoms with Crippen LogP contribution >= 0.6 is 15.9 Å². The third kappa shape index (κ3) is 3.82. The molecule has 1 aromatic rings. The number of hydrogen-bond donors (Lipinski definition) is 1. The van der Waals surface area contributed by atoms with E-state index in [1.807, 2.05) is 0 Å². The first-order valence-corrected chi connectivity index (χ1v) is 7.00. The summed E-state index contributed by atoms with van der Waals surface area (Å²) in [6, 6.07) is 6.99. The molecule has 16 heavy (non-hydrogen) atoms. The van der Waals surface area contributed by atoms with Crippen molar-refractivity contribution in [3.05, 3.63) is 28.2 Å². The molecule has 0 amide bonds. The Kier molecular flexibility index (Phi) is 5.89. The first-order chi connectivity index (χ1) is 7.69. The summed E-state index contributed by atoms with van der Waals surface area (Å²) >= 11 is 3.65. The van der Waals surface area contributed by atoms with Crippen LogP contribution in [-0.4, -0.2) is 6.04 Å². The molecule has 1 rings (SSSR count). The van der Waals surface area contributed by atoms with Gasteiger partial charge >= 0.3 is 0 Å². The topological polar surface area (TPSA) is 12.0 Å². The molecule has 0 aromatic heterocycles. The molecule has 0 aliphatic rings. The first kappa shape index (κ1) is 13.6. The van der Waals surface area contributed by atoms with Crippen LogP contribution in [-0.2, 0) is 0 Å². The second-order valence-corrected chi connectivity index (χ2v) is 5.15. The molecule has 0 heterocycles. The van der Waals surface area contributed by atoms with Gasteiger partial charge < -0.3 is 5.32 Å². The highest BCUT2D eigenvalue weighted by Gasteiger charge is 2.09. The summed E-state index contributed by atoms with van der Waals surface area (Å²) in [7, 11) is 0. The van der Waals surface area contributed by atoms with Crippen LogP contribution in [0.25, 0.3) is 0 Å². The molecule has 0 fully saturated rings. The van der Waals surface area contributed by atoms with E-state index in [9.17, 15) is 0 Å². The van der Waals surface area contributed by atoms with Crippen LogP contribution in [0.15, 0.2) is 22.7 Å². The molecule has 0 atom stereocenters.